The van der Waals surface area contributed by atoms with Crippen LogP contribution in [-0.4, -0.2) is 30.5 Å². The molecule has 1 aliphatic rings. The van der Waals surface area contributed by atoms with Gasteiger partial charge in [-0.2, -0.15) is 0 Å². The van der Waals surface area contributed by atoms with E-state index in [0.29, 0.717) is 6.54 Å². The molecule has 0 atom stereocenters. The number of thiol groups is 1. The van der Waals surface area contributed by atoms with Crippen LogP contribution in [0.3, 0.4) is 0 Å². The Hall–Kier alpha value is -1.36. The lowest BCUT2D eigenvalue weighted by Gasteiger charge is -2.13. The smallest absolute Gasteiger partial charge is 0.278 e. The Balaban J connectivity index is 1.98. The Morgan fingerprint density at radius 1 is 1.44 bits per heavy atom. The van der Waals surface area contributed by atoms with Crippen molar-refractivity contribution in [1.29, 1.82) is 0 Å². The van der Waals surface area contributed by atoms with Crippen LogP contribution in [0.25, 0.3) is 0 Å². The molecule has 1 amide bonds. The average Bonchev–Trinajstić information content (AvgIpc) is 2.72. The molecule has 2 rings (SSSR count). The van der Waals surface area contributed by atoms with E-state index < -0.39 is 0 Å². The Bertz CT molecular complexity index is 408. The van der Waals surface area contributed by atoms with Crippen LogP contribution in [0.1, 0.15) is 5.56 Å². The third-order valence-corrected chi connectivity index (χ3v) is 2.84. The third-order valence-electron chi connectivity index (χ3n) is 2.50. The maximum Gasteiger partial charge on any atom is 0.278 e. The lowest BCUT2D eigenvalue weighted by atomic mass is 10.1. The molecule has 0 spiro atoms. The molecule has 1 aromatic carbocycles. The second-order valence-corrected chi connectivity index (χ2v) is 4.02. The largest absolute Gasteiger partial charge is 0.454 e. The highest BCUT2D eigenvalue weighted by Crippen LogP contribution is 2.32. The molecular formula is C11H13NO3S. The van der Waals surface area contributed by atoms with Gasteiger partial charge in [-0.1, -0.05) is 18.7 Å². The molecule has 1 aromatic rings. The summed E-state index contributed by atoms with van der Waals surface area (Å²) >= 11 is 3.75. The minimum atomic E-state index is -0.222. The first kappa shape index (κ1) is 11.1. The average molecular weight is 239 g/mol. The molecule has 86 valence electrons. The van der Waals surface area contributed by atoms with Gasteiger partial charge in [0.2, 0.25) is 6.79 Å². The summed E-state index contributed by atoms with van der Waals surface area (Å²) < 4.78 is 10.5. The predicted molar refractivity (Wildman–Crippen MR) is 63.3 cm³/mol. The van der Waals surface area contributed by atoms with Crippen LogP contribution in [0, 0.1) is 0 Å². The fourth-order valence-corrected chi connectivity index (χ4v) is 1.59. The Morgan fingerprint density at radius 2 is 2.19 bits per heavy atom. The van der Waals surface area contributed by atoms with Crippen molar-refractivity contribution in [2.45, 2.75) is 6.42 Å². The lowest BCUT2D eigenvalue weighted by Crippen LogP contribution is -2.23. The van der Waals surface area contributed by atoms with Gasteiger partial charge in [-0.05, 0) is 24.1 Å². The van der Waals surface area contributed by atoms with Crippen molar-refractivity contribution in [3.8, 4) is 11.5 Å². The highest BCUT2D eigenvalue weighted by Gasteiger charge is 2.13. The number of ether oxygens (including phenoxy) is 2. The molecule has 0 N–H and O–H groups in total. The maximum atomic E-state index is 10.9. The molecule has 0 aliphatic carbocycles. The number of carbonyl (C=O) groups is 1. The van der Waals surface area contributed by atoms with Gasteiger partial charge in [-0.15, -0.1) is 0 Å². The van der Waals surface area contributed by atoms with E-state index in [2.05, 4.69) is 12.6 Å². The third kappa shape index (κ3) is 2.41. The van der Waals surface area contributed by atoms with Gasteiger partial charge in [0.25, 0.3) is 5.24 Å². The molecule has 0 bridgehead atoms. The first-order chi connectivity index (χ1) is 7.66. The summed E-state index contributed by atoms with van der Waals surface area (Å²) in [7, 11) is 1.72. The summed E-state index contributed by atoms with van der Waals surface area (Å²) in [6.45, 7) is 0.926. The topological polar surface area (TPSA) is 38.8 Å². The second-order valence-electron chi connectivity index (χ2n) is 3.64. The van der Waals surface area contributed by atoms with Gasteiger partial charge in [0.1, 0.15) is 0 Å². The van der Waals surface area contributed by atoms with Crippen molar-refractivity contribution < 1.29 is 14.3 Å². The van der Waals surface area contributed by atoms with Gasteiger partial charge in [0.05, 0.1) is 0 Å². The van der Waals surface area contributed by atoms with E-state index in [0.717, 1.165) is 23.5 Å². The summed E-state index contributed by atoms with van der Waals surface area (Å²) in [5.41, 5.74) is 1.12. The van der Waals surface area contributed by atoms with Gasteiger partial charge in [-0.3, -0.25) is 4.79 Å². The molecule has 1 heterocycles. The minimum absolute atomic E-state index is 0.222. The number of hydrogen-bond acceptors (Lipinski definition) is 3. The Kier molecular flexibility index (Phi) is 3.24. The summed E-state index contributed by atoms with van der Waals surface area (Å²) in [6, 6.07) is 5.81. The van der Waals surface area contributed by atoms with Crippen molar-refractivity contribution in [2.24, 2.45) is 0 Å². The van der Waals surface area contributed by atoms with Crippen LogP contribution < -0.4 is 9.47 Å². The van der Waals surface area contributed by atoms with Crippen molar-refractivity contribution in [3.05, 3.63) is 23.8 Å². The fraction of sp³-hybridized carbons (Fsp3) is 0.364. The van der Waals surface area contributed by atoms with E-state index >= 15 is 0 Å². The SMILES string of the molecule is CN(CCc1ccc2c(c1)OCO2)C(=O)S. The second kappa shape index (κ2) is 4.65. The molecule has 1 aliphatic heterocycles. The van der Waals surface area contributed by atoms with Crippen LogP contribution >= 0.6 is 12.6 Å². The van der Waals surface area contributed by atoms with E-state index in [4.69, 9.17) is 9.47 Å². The van der Waals surface area contributed by atoms with Crippen LogP contribution in [0.15, 0.2) is 18.2 Å². The Labute approximate surface area is 99.6 Å². The van der Waals surface area contributed by atoms with Gasteiger partial charge in [0.15, 0.2) is 11.5 Å². The minimum Gasteiger partial charge on any atom is -0.454 e. The molecule has 0 unspecified atom stereocenters. The van der Waals surface area contributed by atoms with E-state index in [9.17, 15) is 4.79 Å². The standard InChI is InChI=1S/C11H13NO3S/c1-12(11(13)16)5-4-8-2-3-9-10(6-8)15-7-14-9/h2-3,6H,4-5,7H2,1H3,(H,13,16). The zero-order chi connectivity index (χ0) is 11.5. The number of hydrogen-bond donors (Lipinski definition) is 1. The lowest BCUT2D eigenvalue weighted by molar-refractivity contribution is 0.174. The quantitative estimate of drug-likeness (QED) is 0.819. The molecule has 0 aromatic heterocycles. The number of nitrogens with zero attached hydrogens (tertiary/aromatic N) is 1. The van der Waals surface area contributed by atoms with E-state index in [1.54, 1.807) is 11.9 Å². The van der Waals surface area contributed by atoms with Gasteiger partial charge >= 0.3 is 0 Å². The highest BCUT2D eigenvalue weighted by molar-refractivity contribution is 7.96. The molecule has 4 nitrogen and oxygen atoms in total. The van der Waals surface area contributed by atoms with Crippen molar-refractivity contribution in [1.82, 2.24) is 4.90 Å². The van der Waals surface area contributed by atoms with Crippen LogP contribution in [-0.2, 0) is 6.42 Å². The molecule has 5 heteroatoms. The summed E-state index contributed by atoms with van der Waals surface area (Å²) in [4.78, 5) is 12.5. The predicted octanol–water partition coefficient (Wildman–Crippen LogP) is 1.94. The number of benzene rings is 1. The zero-order valence-electron chi connectivity index (χ0n) is 8.97. The van der Waals surface area contributed by atoms with Crippen molar-refractivity contribution >= 4 is 17.9 Å². The van der Waals surface area contributed by atoms with Gasteiger partial charge in [-0.25, -0.2) is 0 Å². The van der Waals surface area contributed by atoms with E-state index in [1.807, 2.05) is 18.2 Å². The summed E-state index contributed by atoms with van der Waals surface area (Å²) in [5.74, 6) is 1.56. The van der Waals surface area contributed by atoms with Gasteiger partial charge in [0, 0.05) is 13.6 Å². The molecular weight excluding hydrogens is 226 g/mol. The zero-order valence-corrected chi connectivity index (χ0v) is 9.87. The highest BCUT2D eigenvalue weighted by atomic mass is 32.1. The summed E-state index contributed by atoms with van der Waals surface area (Å²) in [5, 5.41) is -0.222. The van der Waals surface area contributed by atoms with Crippen molar-refractivity contribution in [3.63, 3.8) is 0 Å². The van der Waals surface area contributed by atoms with Crippen LogP contribution in [0.4, 0.5) is 4.79 Å². The molecule has 16 heavy (non-hydrogen) atoms. The monoisotopic (exact) mass is 239 g/mol. The number of fused-ring (bicyclic) bond motifs is 1. The van der Waals surface area contributed by atoms with E-state index in [1.165, 1.54) is 0 Å². The first-order valence-electron chi connectivity index (χ1n) is 4.99. The molecule has 0 fully saturated rings. The normalized spacial score (nSPS) is 12.6. The molecule has 0 radical (unpaired) electrons. The maximum absolute atomic E-state index is 10.9. The number of amides is 1. The number of carbonyl (C=O) groups excluding carboxylic acids is 1. The fourth-order valence-electron chi connectivity index (χ4n) is 1.49. The van der Waals surface area contributed by atoms with Crippen LogP contribution in [0.5, 0.6) is 11.5 Å². The molecule has 0 saturated carbocycles. The number of rotatable bonds is 3. The number of likely N-dealkylation sites (N-methyl/N-ethyl adjacent to an activating group) is 1. The molecule has 0 saturated heterocycles. The summed E-state index contributed by atoms with van der Waals surface area (Å²) in [6.07, 6.45) is 0.777. The first-order valence-corrected chi connectivity index (χ1v) is 5.44. The Morgan fingerprint density at radius 3 is 2.94 bits per heavy atom. The van der Waals surface area contributed by atoms with Crippen LogP contribution in [0.2, 0.25) is 0 Å². The van der Waals surface area contributed by atoms with Gasteiger partial charge < -0.3 is 14.4 Å². The van der Waals surface area contributed by atoms with Crippen molar-refractivity contribution in [2.75, 3.05) is 20.4 Å². The van der Waals surface area contributed by atoms with E-state index in [-0.39, 0.29) is 12.0 Å².